The molecule has 3 heterocycles. The molecule has 1 fully saturated rings. The van der Waals surface area contributed by atoms with Crippen LogP contribution >= 0.6 is 0 Å². The number of para-hydroxylation sites is 2. The fourth-order valence-corrected chi connectivity index (χ4v) is 3.23. The summed E-state index contributed by atoms with van der Waals surface area (Å²) in [5.41, 5.74) is 3.15. The van der Waals surface area contributed by atoms with Crippen molar-refractivity contribution < 1.29 is 0 Å². The molecule has 23 heavy (non-hydrogen) atoms. The molecule has 4 rings (SSSR count). The number of H-pyrrole nitrogens is 1. The molecular formula is C18H21N5. The van der Waals surface area contributed by atoms with Crippen molar-refractivity contribution in [2.45, 2.75) is 18.9 Å². The predicted molar refractivity (Wildman–Crippen MR) is 93.6 cm³/mol. The van der Waals surface area contributed by atoms with Crippen LogP contribution in [0.25, 0.3) is 22.4 Å². The lowest BCUT2D eigenvalue weighted by molar-refractivity contribution is 0.441. The van der Waals surface area contributed by atoms with Crippen LogP contribution in [-0.4, -0.2) is 41.1 Å². The van der Waals surface area contributed by atoms with Crippen LogP contribution in [0.4, 0.5) is 5.82 Å². The smallest absolute Gasteiger partial charge is 0.138 e. The Hall–Kier alpha value is -2.40. The van der Waals surface area contributed by atoms with Gasteiger partial charge in [0.1, 0.15) is 11.6 Å². The largest absolute Gasteiger partial charge is 0.356 e. The first-order valence-electron chi connectivity index (χ1n) is 8.17. The highest BCUT2D eigenvalue weighted by molar-refractivity contribution is 5.79. The fraction of sp³-hybridized carbons (Fsp3) is 0.333. The molecule has 1 saturated heterocycles. The molecule has 5 nitrogen and oxygen atoms in total. The highest BCUT2D eigenvalue weighted by atomic mass is 15.2. The zero-order chi connectivity index (χ0) is 15.6. The van der Waals surface area contributed by atoms with Gasteiger partial charge in [-0.3, -0.25) is 0 Å². The van der Waals surface area contributed by atoms with E-state index in [1.807, 2.05) is 37.5 Å². The van der Waals surface area contributed by atoms with E-state index in [0.717, 1.165) is 54.2 Å². The molecular weight excluding hydrogens is 286 g/mol. The number of hydrogen-bond acceptors (Lipinski definition) is 4. The minimum atomic E-state index is 0.629. The number of nitrogens with zero attached hydrogens (tertiary/aromatic N) is 3. The van der Waals surface area contributed by atoms with E-state index in [9.17, 15) is 0 Å². The lowest BCUT2D eigenvalue weighted by atomic mass is 10.1. The summed E-state index contributed by atoms with van der Waals surface area (Å²) in [6, 6.07) is 12.9. The molecule has 0 saturated carbocycles. The number of imidazole rings is 1. The summed E-state index contributed by atoms with van der Waals surface area (Å²) in [5.74, 6) is 1.94. The second kappa shape index (κ2) is 6.01. The molecule has 0 unspecified atom stereocenters. The van der Waals surface area contributed by atoms with Gasteiger partial charge < -0.3 is 15.2 Å². The normalized spacial score (nSPS) is 16.1. The Morgan fingerprint density at radius 2 is 2.00 bits per heavy atom. The second-order valence-corrected chi connectivity index (χ2v) is 6.06. The molecule has 1 aliphatic rings. The maximum atomic E-state index is 4.68. The van der Waals surface area contributed by atoms with Gasteiger partial charge in [0.2, 0.25) is 0 Å². The number of rotatable bonds is 3. The molecule has 0 spiro atoms. The molecule has 0 amide bonds. The average molecular weight is 307 g/mol. The summed E-state index contributed by atoms with van der Waals surface area (Å²) in [6.45, 7) is 2.09. The second-order valence-electron chi connectivity index (χ2n) is 6.06. The van der Waals surface area contributed by atoms with Gasteiger partial charge in [0.25, 0.3) is 0 Å². The number of aromatic nitrogens is 3. The van der Waals surface area contributed by atoms with E-state index in [1.165, 1.54) is 0 Å². The number of anilines is 1. The third kappa shape index (κ3) is 2.80. The fourth-order valence-electron chi connectivity index (χ4n) is 3.23. The standard InChI is InChI=1S/C18H21N5/c1-19-14-7-10-23(11-8-14)17-12-13(6-9-20-17)18-21-15-4-2-3-5-16(15)22-18/h2-6,9,12,14,19H,7-8,10-11H2,1H3,(H,21,22). The van der Waals surface area contributed by atoms with Crippen LogP contribution < -0.4 is 10.2 Å². The van der Waals surface area contributed by atoms with Crippen LogP contribution in [0.1, 0.15) is 12.8 Å². The Kier molecular flexibility index (Phi) is 3.71. The first kappa shape index (κ1) is 14.2. The molecule has 0 aliphatic carbocycles. The topological polar surface area (TPSA) is 56.8 Å². The molecule has 0 atom stereocenters. The number of aromatic amines is 1. The summed E-state index contributed by atoms with van der Waals surface area (Å²) in [5, 5.41) is 3.37. The lowest BCUT2D eigenvalue weighted by Gasteiger charge is -2.32. The number of pyridine rings is 1. The van der Waals surface area contributed by atoms with Gasteiger partial charge in [0, 0.05) is 30.9 Å². The van der Waals surface area contributed by atoms with Gasteiger partial charge in [-0.05, 0) is 44.2 Å². The average Bonchev–Trinajstić information content (AvgIpc) is 3.06. The van der Waals surface area contributed by atoms with Crippen molar-refractivity contribution in [1.29, 1.82) is 0 Å². The third-order valence-corrected chi connectivity index (χ3v) is 4.64. The van der Waals surface area contributed by atoms with E-state index in [4.69, 9.17) is 0 Å². The Morgan fingerprint density at radius 3 is 2.78 bits per heavy atom. The first-order chi connectivity index (χ1) is 11.3. The number of benzene rings is 1. The Morgan fingerprint density at radius 1 is 1.17 bits per heavy atom. The van der Waals surface area contributed by atoms with Crippen LogP contribution in [0.5, 0.6) is 0 Å². The Labute approximate surface area is 135 Å². The lowest BCUT2D eigenvalue weighted by Crippen LogP contribution is -2.41. The summed E-state index contributed by atoms with van der Waals surface area (Å²) < 4.78 is 0. The van der Waals surface area contributed by atoms with Crippen LogP contribution in [0, 0.1) is 0 Å². The van der Waals surface area contributed by atoms with E-state index in [-0.39, 0.29) is 0 Å². The van der Waals surface area contributed by atoms with Crippen LogP contribution in [0.3, 0.4) is 0 Å². The summed E-state index contributed by atoms with van der Waals surface area (Å²) in [6.07, 6.45) is 4.20. The highest BCUT2D eigenvalue weighted by Gasteiger charge is 2.19. The van der Waals surface area contributed by atoms with E-state index >= 15 is 0 Å². The van der Waals surface area contributed by atoms with E-state index in [2.05, 4.69) is 37.3 Å². The highest BCUT2D eigenvalue weighted by Crippen LogP contribution is 2.25. The van der Waals surface area contributed by atoms with Crippen molar-refractivity contribution in [3.05, 3.63) is 42.6 Å². The van der Waals surface area contributed by atoms with Crippen molar-refractivity contribution in [3.63, 3.8) is 0 Å². The minimum absolute atomic E-state index is 0.629. The molecule has 2 N–H and O–H groups in total. The number of piperidine rings is 1. The summed E-state index contributed by atoms with van der Waals surface area (Å²) in [7, 11) is 2.04. The van der Waals surface area contributed by atoms with Gasteiger partial charge in [-0.15, -0.1) is 0 Å². The zero-order valence-electron chi connectivity index (χ0n) is 13.3. The molecule has 1 aliphatic heterocycles. The van der Waals surface area contributed by atoms with Gasteiger partial charge >= 0.3 is 0 Å². The maximum absolute atomic E-state index is 4.68. The number of nitrogens with one attached hydrogen (secondary N) is 2. The van der Waals surface area contributed by atoms with Gasteiger partial charge in [0.15, 0.2) is 0 Å². The quantitative estimate of drug-likeness (QED) is 0.781. The first-order valence-corrected chi connectivity index (χ1v) is 8.17. The van der Waals surface area contributed by atoms with Gasteiger partial charge in [-0.2, -0.15) is 0 Å². The summed E-state index contributed by atoms with van der Waals surface area (Å²) in [4.78, 5) is 15.0. The van der Waals surface area contributed by atoms with Crippen molar-refractivity contribution in [2.24, 2.45) is 0 Å². The van der Waals surface area contributed by atoms with E-state index in [0.29, 0.717) is 6.04 Å². The number of fused-ring (bicyclic) bond motifs is 1. The summed E-state index contributed by atoms with van der Waals surface area (Å²) >= 11 is 0. The van der Waals surface area contributed by atoms with Crippen LogP contribution in [-0.2, 0) is 0 Å². The van der Waals surface area contributed by atoms with Crippen molar-refractivity contribution in [1.82, 2.24) is 20.3 Å². The molecule has 2 aromatic heterocycles. The monoisotopic (exact) mass is 307 g/mol. The number of hydrogen-bond donors (Lipinski definition) is 2. The van der Waals surface area contributed by atoms with Crippen molar-refractivity contribution in [3.8, 4) is 11.4 Å². The van der Waals surface area contributed by atoms with Gasteiger partial charge in [0.05, 0.1) is 11.0 Å². The Bertz CT molecular complexity index is 769. The van der Waals surface area contributed by atoms with Crippen LogP contribution in [0.2, 0.25) is 0 Å². The van der Waals surface area contributed by atoms with E-state index in [1.54, 1.807) is 0 Å². The zero-order valence-corrected chi connectivity index (χ0v) is 13.3. The molecule has 1 aromatic carbocycles. The molecule has 5 heteroatoms. The third-order valence-electron chi connectivity index (χ3n) is 4.64. The Balaban J connectivity index is 1.61. The van der Waals surface area contributed by atoms with Crippen LogP contribution in [0.15, 0.2) is 42.6 Å². The van der Waals surface area contributed by atoms with Gasteiger partial charge in [-0.25, -0.2) is 9.97 Å². The van der Waals surface area contributed by atoms with Crippen molar-refractivity contribution in [2.75, 3.05) is 25.0 Å². The minimum Gasteiger partial charge on any atom is -0.356 e. The predicted octanol–water partition coefficient (Wildman–Crippen LogP) is 2.81. The SMILES string of the molecule is CNC1CCN(c2cc(-c3nc4ccccc4[nH]3)ccn2)CC1. The molecule has 0 radical (unpaired) electrons. The molecule has 0 bridgehead atoms. The maximum Gasteiger partial charge on any atom is 0.138 e. The van der Waals surface area contributed by atoms with Crippen molar-refractivity contribution >= 4 is 16.9 Å². The molecule has 118 valence electrons. The van der Waals surface area contributed by atoms with E-state index < -0.39 is 0 Å². The molecule has 3 aromatic rings. The van der Waals surface area contributed by atoms with Gasteiger partial charge in [-0.1, -0.05) is 12.1 Å².